The van der Waals surface area contributed by atoms with Gasteiger partial charge in [-0.3, -0.25) is 10.1 Å². The van der Waals surface area contributed by atoms with Gasteiger partial charge in [0.05, 0.1) is 4.92 Å². The fourth-order valence-electron chi connectivity index (χ4n) is 2.41. The predicted molar refractivity (Wildman–Crippen MR) is 74.1 cm³/mol. The number of nitrogens with one attached hydrogen (secondary N) is 1. The van der Waals surface area contributed by atoms with Gasteiger partial charge in [-0.1, -0.05) is 12.1 Å². The Kier molecular flexibility index (Phi) is 4.07. The van der Waals surface area contributed by atoms with Gasteiger partial charge >= 0.3 is 0 Å². The Morgan fingerprint density at radius 3 is 2.75 bits per heavy atom. The second-order valence-electron chi connectivity index (χ2n) is 4.85. The number of benzene rings is 1. The zero-order chi connectivity index (χ0) is 14.9. The zero-order valence-corrected chi connectivity index (χ0v) is 12.2. The van der Waals surface area contributed by atoms with Crippen LogP contribution in [0.5, 0.6) is 0 Å². The minimum Gasteiger partial charge on any atom is -0.314 e. The highest BCUT2D eigenvalue weighted by Gasteiger charge is 2.36. The zero-order valence-electron chi connectivity index (χ0n) is 11.4. The number of sulfonamides is 1. The number of rotatable bonds is 3. The lowest BCUT2D eigenvalue weighted by atomic mass is 10.2. The predicted octanol–water partition coefficient (Wildman–Crippen LogP) is 0.886. The van der Waals surface area contributed by atoms with Crippen molar-refractivity contribution in [1.29, 1.82) is 0 Å². The van der Waals surface area contributed by atoms with Crippen LogP contribution in [0.4, 0.5) is 5.69 Å². The minimum atomic E-state index is -3.87. The van der Waals surface area contributed by atoms with Crippen LogP contribution in [0.1, 0.15) is 12.5 Å². The smallest absolute Gasteiger partial charge is 0.289 e. The van der Waals surface area contributed by atoms with Gasteiger partial charge in [-0.2, -0.15) is 4.31 Å². The van der Waals surface area contributed by atoms with Crippen molar-refractivity contribution >= 4 is 15.7 Å². The second kappa shape index (κ2) is 5.47. The van der Waals surface area contributed by atoms with Crippen molar-refractivity contribution in [3.8, 4) is 0 Å². The Balaban J connectivity index is 2.57. The van der Waals surface area contributed by atoms with Crippen LogP contribution >= 0.6 is 0 Å². The molecule has 1 N–H and O–H groups in total. The quantitative estimate of drug-likeness (QED) is 0.661. The van der Waals surface area contributed by atoms with Gasteiger partial charge in [-0.05, 0) is 19.4 Å². The lowest BCUT2D eigenvalue weighted by Crippen LogP contribution is -2.52. The normalized spacial score (nSPS) is 20.8. The molecule has 20 heavy (non-hydrogen) atoms. The number of hydrogen-bond donors (Lipinski definition) is 1. The summed E-state index contributed by atoms with van der Waals surface area (Å²) in [6.45, 7) is 4.76. The first-order chi connectivity index (χ1) is 9.35. The Labute approximate surface area is 117 Å². The van der Waals surface area contributed by atoms with E-state index in [4.69, 9.17) is 0 Å². The summed E-state index contributed by atoms with van der Waals surface area (Å²) in [6, 6.07) is 4.07. The first-order valence-corrected chi connectivity index (χ1v) is 7.76. The van der Waals surface area contributed by atoms with E-state index in [1.165, 1.54) is 16.4 Å². The SMILES string of the molecule is Cc1cccc([N+](=O)[O-])c1S(=O)(=O)N1CCNCC1C. The van der Waals surface area contributed by atoms with Crippen LogP contribution in [0.2, 0.25) is 0 Å². The summed E-state index contributed by atoms with van der Waals surface area (Å²) in [5, 5.41) is 14.2. The van der Waals surface area contributed by atoms with Crippen LogP contribution in [0.3, 0.4) is 0 Å². The number of nitro groups is 1. The van der Waals surface area contributed by atoms with Crippen LogP contribution in [0, 0.1) is 17.0 Å². The molecule has 1 aliphatic rings. The Morgan fingerprint density at radius 1 is 1.45 bits per heavy atom. The van der Waals surface area contributed by atoms with Crippen molar-refractivity contribution in [2.75, 3.05) is 19.6 Å². The molecule has 1 aromatic carbocycles. The van der Waals surface area contributed by atoms with Crippen LogP contribution in [-0.2, 0) is 10.0 Å². The summed E-state index contributed by atoms with van der Waals surface area (Å²) in [6.07, 6.45) is 0. The maximum Gasteiger partial charge on any atom is 0.289 e. The van der Waals surface area contributed by atoms with Crippen LogP contribution in [-0.4, -0.2) is 43.3 Å². The molecule has 110 valence electrons. The molecule has 0 aromatic heterocycles. The molecule has 0 radical (unpaired) electrons. The average Bonchev–Trinajstić information content (AvgIpc) is 2.38. The van der Waals surface area contributed by atoms with Crippen molar-refractivity contribution in [3.63, 3.8) is 0 Å². The largest absolute Gasteiger partial charge is 0.314 e. The Morgan fingerprint density at radius 2 is 2.15 bits per heavy atom. The topological polar surface area (TPSA) is 92.5 Å². The number of hydrogen-bond acceptors (Lipinski definition) is 5. The highest BCUT2D eigenvalue weighted by Crippen LogP contribution is 2.30. The third kappa shape index (κ3) is 2.54. The molecule has 0 aliphatic carbocycles. The molecular weight excluding hydrogens is 282 g/mol. The third-order valence-corrected chi connectivity index (χ3v) is 5.60. The Hall–Kier alpha value is -1.51. The molecule has 8 heteroatoms. The monoisotopic (exact) mass is 299 g/mol. The molecule has 7 nitrogen and oxygen atoms in total. The number of aryl methyl sites for hydroxylation is 1. The second-order valence-corrected chi connectivity index (χ2v) is 6.68. The summed E-state index contributed by atoms with van der Waals surface area (Å²) >= 11 is 0. The average molecular weight is 299 g/mol. The fraction of sp³-hybridized carbons (Fsp3) is 0.500. The maximum atomic E-state index is 12.7. The van der Waals surface area contributed by atoms with Gasteiger partial charge in [-0.25, -0.2) is 8.42 Å². The van der Waals surface area contributed by atoms with Crippen molar-refractivity contribution in [2.45, 2.75) is 24.8 Å². The van der Waals surface area contributed by atoms with E-state index in [-0.39, 0.29) is 16.6 Å². The van der Waals surface area contributed by atoms with E-state index >= 15 is 0 Å². The molecule has 1 aromatic rings. The van der Waals surface area contributed by atoms with E-state index in [1.54, 1.807) is 19.9 Å². The molecule has 1 saturated heterocycles. The summed E-state index contributed by atoms with van der Waals surface area (Å²) < 4.78 is 26.8. The van der Waals surface area contributed by atoms with E-state index in [0.717, 1.165) is 0 Å². The summed E-state index contributed by atoms with van der Waals surface area (Å²) in [5.74, 6) is 0. The van der Waals surface area contributed by atoms with Crippen molar-refractivity contribution in [3.05, 3.63) is 33.9 Å². The number of nitro benzene ring substituents is 1. The third-order valence-electron chi connectivity index (χ3n) is 3.39. The summed E-state index contributed by atoms with van der Waals surface area (Å²) in [5.41, 5.74) is 0.0284. The van der Waals surface area contributed by atoms with Crippen LogP contribution in [0.25, 0.3) is 0 Å². The Bertz CT molecular complexity index is 630. The van der Waals surface area contributed by atoms with Crippen molar-refractivity contribution in [2.24, 2.45) is 0 Å². The van der Waals surface area contributed by atoms with Gasteiger partial charge in [-0.15, -0.1) is 0 Å². The van der Waals surface area contributed by atoms with Crippen LogP contribution < -0.4 is 5.32 Å². The molecule has 0 saturated carbocycles. The summed E-state index contributed by atoms with van der Waals surface area (Å²) in [7, 11) is -3.87. The van der Waals surface area contributed by atoms with Crippen LogP contribution in [0.15, 0.2) is 23.1 Å². The van der Waals surface area contributed by atoms with Gasteiger partial charge in [0, 0.05) is 31.7 Å². The standard InChI is InChI=1S/C12H17N3O4S/c1-9-4-3-5-11(15(16)17)12(9)20(18,19)14-7-6-13-8-10(14)2/h3-5,10,13H,6-8H2,1-2H3. The molecule has 0 amide bonds. The molecule has 1 atom stereocenters. The van der Waals surface area contributed by atoms with Gasteiger partial charge in [0.1, 0.15) is 0 Å². The number of piperazine rings is 1. The first kappa shape index (κ1) is 14.9. The highest BCUT2D eigenvalue weighted by molar-refractivity contribution is 7.89. The van der Waals surface area contributed by atoms with E-state index < -0.39 is 14.9 Å². The van der Waals surface area contributed by atoms with E-state index in [1.807, 2.05) is 0 Å². The molecular formula is C12H17N3O4S. The van der Waals surface area contributed by atoms with E-state index in [2.05, 4.69) is 5.32 Å². The molecule has 1 aliphatic heterocycles. The minimum absolute atomic E-state index is 0.196. The first-order valence-electron chi connectivity index (χ1n) is 6.32. The molecule has 0 bridgehead atoms. The summed E-state index contributed by atoms with van der Waals surface area (Å²) in [4.78, 5) is 10.3. The lowest BCUT2D eigenvalue weighted by molar-refractivity contribution is -0.387. The molecule has 0 spiro atoms. The van der Waals surface area contributed by atoms with Gasteiger partial charge in [0.2, 0.25) is 0 Å². The fourth-order valence-corrected chi connectivity index (χ4v) is 4.41. The van der Waals surface area contributed by atoms with Gasteiger partial charge in [0.15, 0.2) is 4.90 Å². The number of nitrogens with zero attached hydrogens (tertiary/aromatic N) is 2. The lowest BCUT2D eigenvalue weighted by Gasteiger charge is -2.33. The van der Waals surface area contributed by atoms with Gasteiger partial charge in [0.25, 0.3) is 15.7 Å². The molecule has 2 rings (SSSR count). The molecule has 1 heterocycles. The highest BCUT2D eigenvalue weighted by atomic mass is 32.2. The van der Waals surface area contributed by atoms with E-state index in [0.29, 0.717) is 25.2 Å². The van der Waals surface area contributed by atoms with Crippen molar-refractivity contribution in [1.82, 2.24) is 9.62 Å². The molecule has 1 fully saturated rings. The van der Waals surface area contributed by atoms with Crippen molar-refractivity contribution < 1.29 is 13.3 Å². The van der Waals surface area contributed by atoms with Gasteiger partial charge < -0.3 is 5.32 Å². The van der Waals surface area contributed by atoms with E-state index in [9.17, 15) is 18.5 Å². The maximum absolute atomic E-state index is 12.7. The molecule has 1 unspecified atom stereocenters.